The highest BCUT2D eigenvalue weighted by atomic mass is 79.9. The minimum absolute atomic E-state index is 0.998. The molecule has 0 saturated heterocycles. The molecule has 1 nitrogen and oxygen atoms in total. The third-order valence-corrected chi connectivity index (χ3v) is 1.76. The van der Waals surface area contributed by atoms with Crippen LogP contribution in [0.25, 0.3) is 0 Å². The van der Waals surface area contributed by atoms with Gasteiger partial charge in [-0.15, -0.1) is 0 Å². The van der Waals surface area contributed by atoms with E-state index in [-0.39, 0.29) is 0 Å². The molecule has 1 radical (unpaired) electrons. The van der Waals surface area contributed by atoms with Crippen LogP contribution in [0.1, 0.15) is 0 Å². The number of hydrogen-bond acceptors (Lipinski definition) is 0. The second kappa shape index (κ2) is 2.87. The molecule has 0 aliphatic heterocycles. The molecule has 2 heteroatoms. The van der Waals surface area contributed by atoms with Crippen molar-refractivity contribution in [2.45, 2.75) is 0 Å². The minimum Gasteiger partial charge on any atom is -0.288 e. The summed E-state index contributed by atoms with van der Waals surface area (Å²) in [5, 5.41) is 4.02. The highest BCUT2D eigenvalue weighted by molar-refractivity contribution is 9.10. The first kappa shape index (κ1) is 6.62. The summed E-state index contributed by atoms with van der Waals surface area (Å²) in [5.74, 6) is 0. The number of benzene rings is 1. The van der Waals surface area contributed by atoms with E-state index in [0.717, 1.165) is 10.2 Å². The van der Waals surface area contributed by atoms with Crippen LogP contribution in [-0.2, 0) is 0 Å². The summed E-state index contributed by atoms with van der Waals surface area (Å²) >= 11 is 3.36. The van der Waals surface area contributed by atoms with Crippen molar-refractivity contribution in [3.8, 4) is 0 Å². The normalized spacial score (nSPS) is 9.11. The molecule has 1 aromatic carbocycles. The van der Waals surface area contributed by atoms with Gasteiger partial charge in [-0.25, -0.2) is 0 Å². The van der Waals surface area contributed by atoms with Crippen molar-refractivity contribution in [2.24, 2.45) is 0 Å². The standard InChI is InChI=1S/C7H7BrN/c1-9-7-5-3-2-4-6(7)8/h2-5H,1H3. The molecule has 0 saturated carbocycles. The summed E-state index contributed by atoms with van der Waals surface area (Å²) in [6.45, 7) is 0. The molecule has 9 heavy (non-hydrogen) atoms. The molecule has 0 atom stereocenters. The third-order valence-electron chi connectivity index (χ3n) is 1.09. The van der Waals surface area contributed by atoms with E-state index in [1.54, 1.807) is 7.05 Å². The van der Waals surface area contributed by atoms with Crippen molar-refractivity contribution < 1.29 is 0 Å². The van der Waals surface area contributed by atoms with Crippen molar-refractivity contribution >= 4 is 21.6 Å². The van der Waals surface area contributed by atoms with Crippen molar-refractivity contribution in [2.75, 3.05) is 7.05 Å². The first-order valence-corrected chi connectivity index (χ1v) is 3.48. The Morgan fingerprint density at radius 2 is 2.00 bits per heavy atom. The molecule has 0 bridgehead atoms. The fourth-order valence-corrected chi connectivity index (χ4v) is 1.10. The van der Waals surface area contributed by atoms with E-state index in [1.807, 2.05) is 24.3 Å². The van der Waals surface area contributed by atoms with Gasteiger partial charge in [-0.1, -0.05) is 12.1 Å². The van der Waals surface area contributed by atoms with E-state index in [9.17, 15) is 0 Å². The summed E-state index contributed by atoms with van der Waals surface area (Å²) < 4.78 is 1.05. The molecular weight excluding hydrogens is 178 g/mol. The zero-order chi connectivity index (χ0) is 6.69. The zero-order valence-corrected chi connectivity index (χ0v) is 6.72. The topological polar surface area (TPSA) is 14.1 Å². The van der Waals surface area contributed by atoms with Gasteiger partial charge >= 0.3 is 0 Å². The predicted octanol–water partition coefficient (Wildman–Crippen LogP) is 2.31. The van der Waals surface area contributed by atoms with Crippen molar-refractivity contribution in [3.63, 3.8) is 0 Å². The predicted molar refractivity (Wildman–Crippen MR) is 41.9 cm³/mol. The average molecular weight is 185 g/mol. The van der Waals surface area contributed by atoms with Crippen LogP contribution < -0.4 is 5.32 Å². The highest BCUT2D eigenvalue weighted by Gasteiger charge is 1.92. The molecule has 0 fully saturated rings. The number of halogens is 1. The Balaban J connectivity index is 3.01. The smallest absolute Gasteiger partial charge is 0.0712 e. The molecule has 1 aromatic rings. The Bertz CT molecular complexity index is 198. The molecule has 47 valence electrons. The van der Waals surface area contributed by atoms with Crippen LogP contribution in [0.3, 0.4) is 0 Å². The van der Waals surface area contributed by atoms with Crippen LogP contribution in [0, 0.1) is 0 Å². The van der Waals surface area contributed by atoms with Crippen molar-refractivity contribution in [1.82, 2.24) is 5.32 Å². The number of hydrogen-bond donors (Lipinski definition) is 0. The molecule has 0 amide bonds. The van der Waals surface area contributed by atoms with Gasteiger partial charge in [-0.2, -0.15) is 0 Å². The van der Waals surface area contributed by atoms with E-state index in [0.29, 0.717) is 0 Å². The molecule has 0 aromatic heterocycles. The lowest BCUT2D eigenvalue weighted by atomic mass is 10.3. The maximum Gasteiger partial charge on any atom is 0.0712 e. The zero-order valence-electron chi connectivity index (χ0n) is 5.13. The SMILES string of the molecule is C[N]c1ccccc1Br. The van der Waals surface area contributed by atoms with E-state index in [1.165, 1.54) is 0 Å². The molecular formula is C7H7BrN. The monoisotopic (exact) mass is 184 g/mol. The van der Waals surface area contributed by atoms with Crippen molar-refractivity contribution in [3.05, 3.63) is 28.7 Å². The van der Waals surface area contributed by atoms with Gasteiger partial charge in [0.05, 0.1) is 5.69 Å². The summed E-state index contributed by atoms with van der Waals surface area (Å²) in [6.07, 6.45) is 0. The van der Waals surface area contributed by atoms with Gasteiger partial charge in [0, 0.05) is 11.5 Å². The Morgan fingerprint density at radius 1 is 1.33 bits per heavy atom. The largest absolute Gasteiger partial charge is 0.288 e. The van der Waals surface area contributed by atoms with Crippen molar-refractivity contribution in [1.29, 1.82) is 0 Å². The lowest BCUT2D eigenvalue weighted by molar-refractivity contribution is 1.08. The number of nitrogens with zero attached hydrogens (tertiary/aromatic N) is 1. The third kappa shape index (κ3) is 1.45. The number of para-hydroxylation sites is 1. The second-order valence-electron chi connectivity index (χ2n) is 1.68. The molecule has 0 aliphatic carbocycles. The summed E-state index contributed by atoms with van der Waals surface area (Å²) in [6, 6.07) is 7.87. The Labute approximate surface area is 63.2 Å². The second-order valence-corrected chi connectivity index (χ2v) is 2.53. The molecule has 0 heterocycles. The van der Waals surface area contributed by atoms with Crippen LogP contribution in [-0.4, -0.2) is 7.05 Å². The summed E-state index contributed by atoms with van der Waals surface area (Å²) in [5.41, 5.74) is 0.998. The maximum absolute atomic E-state index is 4.02. The van der Waals surface area contributed by atoms with Gasteiger partial charge in [-0.05, 0) is 28.1 Å². The van der Waals surface area contributed by atoms with E-state index in [2.05, 4.69) is 21.2 Å². The fourth-order valence-electron chi connectivity index (χ4n) is 0.633. The lowest BCUT2D eigenvalue weighted by Gasteiger charge is -1.96. The van der Waals surface area contributed by atoms with E-state index >= 15 is 0 Å². The minimum atomic E-state index is 0.998. The highest BCUT2D eigenvalue weighted by Crippen LogP contribution is 2.19. The van der Waals surface area contributed by atoms with Crippen LogP contribution in [0.2, 0.25) is 0 Å². The summed E-state index contributed by atoms with van der Waals surface area (Å²) in [7, 11) is 1.78. The number of rotatable bonds is 1. The van der Waals surface area contributed by atoms with E-state index in [4.69, 9.17) is 0 Å². The molecule has 0 spiro atoms. The average Bonchev–Trinajstić information content (AvgIpc) is 1.89. The van der Waals surface area contributed by atoms with Gasteiger partial charge in [0.15, 0.2) is 0 Å². The van der Waals surface area contributed by atoms with Gasteiger partial charge in [0.2, 0.25) is 0 Å². The van der Waals surface area contributed by atoms with E-state index < -0.39 is 0 Å². The first-order chi connectivity index (χ1) is 4.34. The van der Waals surface area contributed by atoms with Crippen LogP contribution in [0.5, 0.6) is 0 Å². The quantitative estimate of drug-likeness (QED) is 0.637. The van der Waals surface area contributed by atoms with Crippen LogP contribution >= 0.6 is 15.9 Å². The van der Waals surface area contributed by atoms with Gasteiger partial charge in [0.1, 0.15) is 0 Å². The molecule has 0 N–H and O–H groups in total. The van der Waals surface area contributed by atoms with Gasteiger partial charge in [0.25, 0.3) is 0 Å². The molecule has 0 unspecified atom stereocenters. The van der Waals surface area contributed by atoms with Crippen LogP contribution in [0.4, 0.5) is 5.69 Å². The molecule has 1 rings (SSSR count). The molecule has 0 aliphatic rings. The Hall–Kier alpha value is -0.500. The Morgan fingerprint density at radius 3 is 2.44 bits per heavy atom. The first-order valence-electron chi connectivity index (χ1n) is 2.69. The lowest BCUT2D eigenvalue weighted by Crippen LogP contribution is -1.85. The summed E-state index contributed by atoms with van der Waals surface area (Å²) in [4.78, 5) is 0. The van der Waals surface area contributed by atoms with Gasteiger partial charge < -0.3 is 0 Å². The maximum atomic E-state index is 4.02. The Kier molecular flexibility index (Phi) is 2.11. The fraction of sp³-hybridized carbons (Fsp3) is 0.143. The van der Waals surface area contributed by atoms with Crippen LogP contribution in [0.15, 0.2) is 28.7 Å². The van der Waals surface area contributed by atoms with Gasteiger partial charge in [-0.3, -0.25) is 5.32 Å².